The van der Waals surface area contributed by atoms with Crippen molar-refractivity contribution in [3.63, 3.8) is 0 Å². The largest absolute Gasteiger partial charge is 0.481 e. The van der Waals surface area contributed by atoms with Crippen molar-refractivity contribution >= 4 is 21.8 Å². The van der Waals surface area contributed by atoms with Gasteiger partial charge in [-0.1, -0.05) is 35.7 Å². The van der Waals surface area contributed by atoms with E-state index in [1.807, 2.05) is 26.0 Å². The lowest BCUT2D eigenvalue weighted by molar-refractivity contribution is -0.127. The summed E-state index contributed by atoms with van der Waals surface area (Å²) in [6.45, 7) is 8.67. The molecule has 20 heavy (non-hydrogen) atoms. The summed E-state index contributed by atoms with van der Waals surface area (Å²) < 4.78 is 6.80. The number of rotatable bonds is 7. The van der Waals surface area contributed by atoms with Crippen molar-refractivity contribution in [3.05, 3.63) is 27.7 Å². The third kappa shape index (κ3) is 5.16. The van der Waals surface area contributed by atoms with Gasteiger partial charge >= 0.3 is 0 Å². The number of ether oxygens (including phenoxy) is 1. The number of halogens is 1. The highest BCUT2D eigenvalue weighted by atomic mass is 79.9. The van der Waals surface area contributed by atoms with Crippen LogP contribution in [0.15, 0.2) is 16.6 Å². The predicted octanol–water partition coefficient (Wildman–Crippen LogP) is 4.14. The summed E-state index contributed by atoms with van der Waals surface area (Å²) in [5.41, 5.74) is 2.21. The van der Waals surface area contributed by atoms with Crippen LogP contribution in [0.25, 0.3) is 0 Å². The Morgan fingerprint density at radius 2 is 1.90 bits per heavy atom. The first kappa shape index (κ1) is 17.0. The van der Waals surface area contributed by atoms with Gasteiger partial charge in [-0.3, -0.25) is 4.79 Å². The molecule has 0 saturated carbocycles. The van der Waals surface area contributed by atoms with Gasteiger partial charge < -0.3 is 10.1 Å². The summed E-state index contributed by atoms with van der Waals surface area (Å²) >= 11 is 3.52. The highest BCUT2D eigenvalue weighted by molar-refractivity contribution is 9.10. The van der Waals surface area contributed by atoms with Gasteiger partial charge in [0.15, 0.2) is 6.10 Å². The summed E-state index contributed by atoms with van der Waals surface area (Å²) in [6.07, 6.45) is 2.84. The molecule has 1 atom stereocenters. The molecular formula is C16H24BrNO2. The van der Waals surface area contributed by atoms with Crippen molar-refractivity contribution in [3.8, 4) is 5.75 Å². The van der Waals surface area contributed by atoms with Crippen molar-refractivity contribution in [2.75, 3.05) is 6.54 Å². The van der Waals surface area contributed by atoms with Crippen LogP contribution in [0.2, 0.25) is 0 Å². The maximum absolute atomic E-state index is 11.9. The highest BCUT2D eigenvalue weighted by Gasteiger charge is 2.14. The SMILES string of the molecule is CCCCCNC(=O)C(C)Oc1cc(C)c(Br)c(C)c1. The molecule has 3 nitrogen and oxygen atoms in total. The average molecular weight is 342 g/mol. The number of hydrogen-bond donors (Lipinski definition) is 1. The Labute approximate surface area is 130 Å². The zero-order chi connectivity index (χ0) is 15.1. The van der Waals surface area contributed by atoms with Gasteiger partial charge in [-0.05, 0) is 50.5 Å². The topological polar surface area (TPSA) is 38.3 Å². The van der Waals surface area contributed by atoms with Crippen LogP contribution in [0.4, 0.5) is 0 Å². The minimum Gasteiger partial charge on any atom is -0.481 e. The molecule has 4 heteroatoms. The highest BCUT2D eigenvalue weighted by Crippen LogP contribution is 2.26. The first-order chi connectivity index (χ1) is 9.45. The minimum absolute atomic E-state index is 0.0562. The standard InChI is InChI=1S/C16H24BrNO2/c1-5-6-7-8-18-16(19)13(4)20-14-9-11(2)15(17)12(3)10-14/h9-10,13H,5-8H2,1-4H3,(H,18,19). The maximum Gasteiger partial charge on any atom is 0.260 e. The predicted molar refractivity (Wildman–Crippen MR) is 86.2 cm³/mol. The van der Waals surface area contributed by atoms with E-state index in [-0.39, 0.29) is 5.91 Å². The molecule has 1 unspecified atom stereocenters. The zero-order valence-corrected chi connectivity index (χ0v) is 14.3. The summed E-state index contributed by atoms with van der Waals surface area (Å²) in [5, 5.41) is 2.90. The van der Waals surface area contributed by atoms with Crippen LogP contribution < -0.4 is 10.1 Å². The summed E-state index contributed by atoms with van der Waals surface area (Å²) in [6, 6.07) is 3.88. The fourth-order valence-corrected chi connectivity index (χ4v) is 2.19. The van der Waals surface area contributed by atoms with Crippen LogP contribution in [0, 0.1) is 13.8 Å². The third-order valence-electron chi connectivity index (χ3n) is 3.17. The van der Waals surface area contributed by atoms with E-state index < -0.39 is 6.10 Å². The number of benzene rings is 1. The summed E-state index contributed by atoms with van der Waals surface area (Å²) in [7, 11) is 0. The Hall–Kier alpha value is -1.03. The van der Waals surface area contributed by atoms with Crippen molar-refractivity contribution in [2.24, 2.45) is 0 Å². The lowest BCUT2D eigenvalue weighted by Gasteiger charge is -2.16. The number of carbonyl (C=O) groups is 1. The number of hydrogen-bond acceptors (Lipinski definition) is 2. The number of carbonyl (C=O) groups excluding carboxylic acids is 1. The van der Waals surface area contributed by atoms with E-state index in [1.165, 1.54) is 0 Å². The van der Waals surface area contributed by atoms with E-state index in [1.54, 1.807) is 6.92 Å². The Bertz CT molecular complexity index is 437. The van der Waals surface area contributed by atoms with Gasteiger partial charge in [0.1, 0.15) is 5.75 Å². The number of aryl methyl sites for hydroxylation is 2. The van der Waals surface area contributed by atoms with Crippen LogP contribution in [-0.2, 0) is 4.79 Å². The Morgan fingerprint density at radius 3 is 2.45 bits per heavy atom. The third-order valence-corrected chi connectivity index (χ3v) is 4.42. The molecule has 0 heterocycles. The Kier molecular flexibility index (Phi) is 7.06. The second-order valence-corrected chi connectivity index (χ2v) is 5.92. The molecule has 1 rings (SSSR count). The van der Waals surface area contributed by atoms with Gasteiger partial charge in [-0.15, -0.1) is 0 Å². The Balaban J connectivity index is 2.53. The first-order valence-corrected chi connectivity index (χ1v) is 7.96. The number of unbranched alkanes of at least 4 members (excludes halogenated alkanes) is 2. The van der Waals surface area contributed by atoms with Gasteiger partial charge in [-0.2, -0.15) is 0 Å². The molecule has 0 aliphatic rings. The van der Waals surface area contributed by atoms with Crippen molar-refractivity contribution < 1.29 is 9.53 Å². The molecule has 0 aliphatic heterocycles. The monoisotopic (exact) mass is 341 g/mol. The maximum atomic E-state index is 11.9. The second kappa shape index (κ2) is 8.30. The van der Waals surface area contributed by atoms with Crippen LogP contribution in [0.5, 0.6) is 5.75 Å². The molecule has 0 bridgehead atoms. The second-order valence-electron chi connectivity index (χ2n) is 5.13. The zero-order valence-electron chi connectivity index (χ0n) is 12.8. The van der Waals surface area contributed by atoms with Crippen molar-refractivity contribution in [1.82, 2.24) is 5.32 Å². The van der Waals surface area contributed by atoms with Crippen LogP contribution in [0.3, 0.4) is 0 Å². The lowest BCUT2D eigenvalue weighted by atomic mass is 10.1. The molecule has 0 radical (unpaired) electrons. The summed E-state index contributed by atoms with van der Waals surface area (Å²) in [5.74, 6) is 0.679. The van der Waals surface area contributed by atoms with Crippen molar-refractivity contribution in [2.45, 2.75) is 53.1 Å². The van der Waals surface area contributed by atoms with Gasteiger partial charge in [-0.25, -0.2) is 0 Å². The number of amides is 1. The van der Waals surface area contributed by atoms with Crippen LogP contribution >= 0.6 is 15.9 Å². The van der Waals surface area contributed by atoms with E-state index in [9.17, 15) is 4.79 Å². The smallest absolute Gasteiger partial charge is 0.260 e. The quantitative estimate of drug-likeness (QED) is 0.757. The molecule has 0 fully saturated rings. The molecule has 0 aliphatic carbocycles. The summed E-state index contributed by atoms with van der Waals surface area (Å²) in [4.78, 5) is 11.9. The van der Waals surface area contributed by atoms with Gasteiger partial charge in [0, 0.05) is 11.0 Å². The molecular weight excluding hydrogens is 318 g/mol. The van der Waals surface area contributed by atoms with E-state index in [0.29, 0.717) is 0 Å². The molecule has 1 N–H and O–H groups in total. The van der Waals surface area contributed by atoms with Crippen LogP contribution in [-0.4, -0.2) is 18.6 Å². The molecule has 1 aromatic carbocycles. The van der Waals surface area contributed by atoms with Crippen LogP contribution in [0.1, 0.15) is 44.2 Å². The van der Waals surface area contributed by atoms with Crippen molar-refractivity contribution in [1.29, 1.82) is 0 Å². The fourth-order valence-electron chi connectivity index (χ4n) is 1.96. The first-order valence-electron chi connectivity index (χ1n) is 7.16. The van der Waals surface area contributed by atoms with Gasteiger partial charge in [0.2, 0.25) is 0 Å². The lowest BCUT2D eigenvalue weighted by Crippen LogP contribution is -2.36. The molecule has 1 amide bonds. The van der Waals surface area contributed by atoms with E-state index in [2.05, 4.69) is 28.2 Å². The molecule has 112 valence electrons. The van der Waals surface area contributed by atoms with E-state index in [4.69, 9.17) is 4.74 Å². The van der Waals surface area contributed by atoms with Gasteiger partial charge in [0.25, 0.3) is 5.91 Å². The van der Waals surface area contributed by atoms with E-state index in [0.717, 1.165) is 47.2 Å². The van der Waals surface area contributed by atoms with E-state index >= 15 is 0 Å². The van der Waals surface area contributed by atoms with Gasteiger partial charge in [0.05, 0.1) is 0 Å². The molecule has 0 aromatic heterocycles. The normalized spacial score (nSPS) is 12.1. The molecule has 0 spiro atoms. The average Bonchev–Trinajstić information content (AvgIpc) is 2.40. The number of nitrogens with one attached hydrogen (secondary N) is 1. The Morgan fingerprint density at radius 1 is 1.30 bits per heavy atom. The molecule has 1 aromatic rings. The molecule has 0 saturated heterocycles. The fraction of sp³-hybridized carbons (Fsp3) is 0.562. The minimum atomic E-state index is -0.475.